The van der Waals surface area contributed by atoms with Crippen LogP contribution in [0.4, 0.5) is 0 Å². The Morgan fingerprint density at radius 3 is 2.48 bits per heavy atom. The molecule has 1 atom stereocenters. The number of halogens is 1. The average Bonchev–Trinajstić information content (AvgIpc) is 3.03. The molecule has 0 radical (unpaired) electrons. The van der Waals surface area contributed by atoms with Crippen LogP contribution >= 0.6 is 11.6 Å². The van der Waals surface area contributed by atoms with Crippen LogP contribution in [0, 0.1) is 0 Å². The van der Waals surface area contributed by atoms with Crippen molar-refractivity contribution in [2.45, 2.75) is 37.8 Å². The highest BCUT2D eigenvalue weighted by Crippen LogP contribution is 2.27. The van der Waals surface area contributed by atoms with Crippen LogP contribution in [0.3, 0.4) is 0 Å². The maximum atomic E-state index is 6.13. The average molecular weight is 308 g/mol. The fraction of sp³-hybridized carbons (Fsp3) is 0.647. The lowest BCUT2D eigenvalue weighted by atomic mass is 10.0. The highest BCUT2D eigenvalue weighted by atomic mass is 35.5. The van der Waals surface area contributed by atoms with Crippen molar-refractivity contribution in [2.24, 2.45) is 5.73 Å². The molecule has 1 aliphatic carbocycles. The molecule has 2 aliphatic rings. The number of piperazine rings is 1. The molecule has 0 spiro atoms. The molecule has 2 N–H and O–H groups in total. The second-order valence-corrected chi connectivity index (χ2v) is 6.75. The summed E-state index contributed by atoms with van der Waals surface area (Å²) in [5.74, 6) is 0. The van der Waals surface area contributed by atoms with Gasteiger partial charge in [-0.1, -0.05) is 36.6 Å². The minimum Gasteiger partial charge on any atom is -0.329 e. The summed E-state index contributed by atoms with van der Waals surface area (Å²) in [5.41, 5.74) is 7.29. The van der Waals surface area contributed by atoms with Gasteiger partial charge in [0, 0.05) is 49.8 Å². The van der Waals surface area contributed by atoms with Crippen molar-refractivity contribution in [3.63, 3.8) is 0 Å². The van der Waals surface area contributed by atoms with Crippen LogP contribution in [-0.2, 0) is 0 Å². The van der Waals surface area contributed by atoms with Gasteiger partial charge in [-0.2, -0.15) is 0 Å². The molecule has 3 rings (SSSR count). The SMILES string of the molecule is NCC(c1cccc(Cl)c1)N1CCN(C2CCCC2)CC1. The molecule has 1 aromatic carbocycles. The highest BCUT2D eigenvalue weighted by Gasteiger charge is 2.29. The molecule has 3 nitrogen and oxygen atoms in total. The second kappa shape index (κ2) is 7.10. The fourth-order valence-electron chi connectivity index (χ4n) is 3.89. The van der Waals surface area contributed by atoms with E-state index < -0.39 is 0 Å². The molecule has 0 aromatic heterocycles. The molecule has 0 amide bonds. The molecule has 1 unspecified atom stereocenters. The molecule has 0 bridgehead atoms. The number of nitrogens with zero attached hydrogens (tertiary/aromatic N) is 2. The van der Waals surface area contributed by atoms with Crippen molar-refractivity contribution < 1.29 is 0 Å². The predicted molar refractivity (Wildman–Crippen MR) is 88.6 cm³/mol. The summed E-state index contributed by atoms with van der Waals surface area (Å²) in [6.07, 6.45) is 5.63. The Bertz CT molecular complexity index is 451. The molecule has 2 fully saturated rings. The Kier molecular flexibility index (Phi) is 5.17. The van der Waals surface area contributed by atoms with Crippen molar-refractivity contribution >= 4 is 11.6 Å². The van der Waals surface area contributed by atoms with Crippen molar-refractivity contribution in [1.29, 1.82) is 0 Å². The first kappa shape index (κ1) is 15.3. The lowest BCUT2D eigenvalue weighted by molar-refractivity contribution is 0.0722. The smallest absolute Gasteiger partial charge is 0.0472 e. The number of nitrogens with two attached hydrogens (primary N) is 1. The van der Waals surface area contributed by atoms with Gasteiger partial charge in [0.2, 0.25) is 0 Å². The summed E-state index contributed by atoms with van der Waals surface area (Å²) in [6, 6.07) is 9.30. The monoisotopic (exact) mass is 307 g/mol. The molecule has 1 aliphatic heterocycles. The van der Waals surface area contributed by atoms with Crippen molar-refractivity contribution in [3.8, 4) is 0 Å². The summed E-state index contributed by atoms with van der Waals surface area (Å²) in [4.78, 5) is 5.21. The minimum atomic E-state index is 0.300. The zero-order valence-corrected chi connectivity index (χ0v) is 13.4. The van der Waals surface area contributed by atoms with Gasteiger partial charge in [-0.05, 0) is 30.5 Å². The fourth-order valence-corrected chi connectivity index (χ4v) is 4.09. The number of rotatable bonds is 4. The van der Waals surface area contributed by atoms with Gasteiger partial charge in [-0.3, -0.25) is 9.80 Å². The summed E-state index contributed by atoms with van der Waals surface area (Å²) in [7, 11) is 0. The zero-order chi connectivity index (χ0) is 14.7. The minimum absolute atomic E-state index is 0.300. The molecule has 1 heterocycles. The van der Waals surface area contributed by atoms with E-state index in [9.17, 15) is 0 Å². The number of hydrogen-bond donors (Lipinski definition) is 1. The van der Waals surface area contributed by atoms with Crippen molar-refractivity contribution in [3.05, 3.63) is 34.9 Å². The maximum Gasteiger partial charge on any atom is 0.0472 e. The van der Waals surface area contributed by atoms with Gasteiger partial charge in [0.15, 0.2) is 0 Å². The van der Waals surface area contributed by atoms with E-state index in [4.69, 9.17) is 17.3 Å². The van der Waals surface area contributed by atoms with Crippen molar-refractivity contribution in [1.82, 2.24) is 9.80 Å². The van der Waals surface area contributed by atoms with Gasteiger partial charge in [-0.25, -0.2) is 0 Å². The Morgan fingerprint density at radius 2 is 1.86 bits per heavy atom. The Hall–Kier alpha value is -0.610. The van der Waals surface area contributed by atoms with E-state index in [-0.39, 0.29) is 0 Å². The number of hydrogen-bond acceptors (Lipinski definition) is 3. The molecule has 116 valence electrons. The van der Waals surface area contributed by atoms with E-state index in [0.717, 1.165) is 24.2 Å². The first-order valence-corrected chi connectivity index (χ1v) is 8.59. The zero-order valence-electron chi connectivity index (χ0n) is 12.7. The van der Waals surface area contributed by atoms with Gasteiger partial charge >= 0.3 is 0 Å². The molecule has 1 aromatic rings. The molecule has 21 heavy (non-hydrogen) atoms. The summed E-state index contributed by atoms with van der Waals surface area (Å²) in [5, 5.41) is 0.801. The summed E-state index contributed by atoms with van der Waals surface area (Å²) < 4.78 is 0. The highest BCUT2D eigenvalue weighted by molar-refractivity contribution is 6.30. The summed E-state index contributed by atoms with van der Waals surface area (Å²) >= 11 is 6.13. The Morgan fingerprint density at radius 1 is 1.14 bits per heavy atom. The normalized spacial score (nSPS) is 23.5. The van der Waals surface area contributed by atoms with Crippen LogP contribution in [-0.4, -0.2) is 48.6 Å². The Labute approximate surface area is 133 Å². The van der Waals surface area contributed by atoms with Crippen LogP contribution in [0.1, 0.15) is 37.3 Å². The first-order valence-electron chi connectivity index (χ1n) is 8.21. The van der Waals surface area contributed by atoms with Crippen LogP contribution in [0.15, 0.2) is 24.3 Å². The molecule has 1 saturated carbocycles. The molecule has 4 heteroatoms. The second-order valence-electron chi connectivity index (χ2n) is 6.32. The third-order valence-electron chi connectivity index (χ3n) is 5.09. The standard InChI is InChI=1S/C17H26ClN3/c18-15-5-3-4-14(12-15)17(13-19)21-10-8-20(9-11-21)16-6-1-2-7-16/h3-5,12,16-17H,1-2,6-11,13,19H2. The van der Waals surface area contributed by atoms with Gasteiger partial charge in [0.05, 0.1) is 0 Å². The van der Waals surface area contributed by atoms with E-state index in [1.165, 1.54) is 44.3 Å². The third kappa shape index (κ3) is 3.59. The Balaban J connectivity index is 1.61. The number of benzene rings is 1. The van der Waals surface area contributed by atoms with E-state index in [2.05, 4.69) is 21.9 Å². The van der Waals surface area contributed by atoms with Crippen LogP contribution in [0.25, 0.3) is 0 Å². The predicted octanol–water partition coefficient (Wildman–Crippen LogP) is 2.90. The van der Waals surface area contributed by atoms with Gasteiger partial charge in [0.1, 0.15) is 0 Å². The topological polar surface area (TPSA) is 32.5 Å². The van der Waals surface area contributed by atoms with Gasteiger partial charge in [0.25, 0.3) is 0 Å². The molecular weight excluding hydrogens is 282 g/mol. The molecule has 1 saturated heterocycles. The lowest BCUT2D eigenvalue weighted by Crippen LogP contribution is -2.51. The van der Waals surface area contributed by atoms with Crippen LogP contribution < -0.4 is 5.73 Å². The van der Waals surface area contributed by atoms with Gasteiger partial charge in [-0.15, -0.1) is 0 Å². The van der Waals surface area contributed by atoms with Gasteiger partial charge < -0.3 is 5.73 Å². The lowest BCUT2D eigenvalue weighted by Gasteiger charge is -2.41. The van der Waals surface area contributed by atoms with E-state index >= 15 is 0 Å². The van der Waals surface area contributed by atoms with Crippen molar-refractivity contribution in [2.75, 3.05) is 32.7 Å². The first-order chi connectivity index (χ1) is 10.3. The molecular formula is C17H26ClN3. The van der Waals surface area contributed by atoms with Crippen LogP contribution in [0.2, 0.25) is 5.02 Å². The largest absolute Gasteiger partial charge is 0.329 e. The maximum absolute atomic E-state index is 6.13. The third-order valence-corrected chi connectivity index (χ3v) is 5.32. The van der Waals surface area contributed by atoms with E-state index in [0.29, 0.717) is 12.6 Å². The summed E-state index contributed by atoms with van der Waals surface area (Å²) in [6.45, 7) is 5.25. The van der Waals surface area contributed by atoms with Crippen LogP contribution in [0.5, 0.6) is 0 Å². The van der Waals surface area contributed by atoms with E-state index in [1.54, 1.807) is 0 Å². The van der Waals surface area contributed by atoms with E-state index in [1.807, 2.05) is 12.1 Å². The quantitative estimate of drug-likeness (QED) is 0.928.